The number of hydrogen-bond donors (Lipinski definition) is 1. The van der Waals surface area contributed by atoms with Crippen molar-refractivity contribution < 1.29 is 9.59 Å². The van der Waals surface area contributed by atoms with E-state index in [1.165, 1.54) is 0 Å². The third-order valence-corrected chi connectivity index (χ3v) is 3.63. The molecule has 1 saturated heterocycles. The van der Waals surface area contributed by atoms with Gasteiger partial charge in [-0.1, -0.05) is 0 Å². The highest BCUT2D eigenvalue weighted by Gasteiger charge is 2.27. The Morgan fingerprint density at radius 2 is 1.89 bits per heavy atom. The molecule has 0 aromatic carbocycles. The molecule has 19 heavy (non-hydrogen) atoms. The maximum absolute atomic E-state index is 12.1. The van der Waals surface area contributed by atoms with Gasteiger partial charge in [0.25, 0.3) is 0 Å². The summed E-state index contributed by atoms with van der Waals surface area (Å²) in [6.07, 6.45) is 1.56. The average molecular weight is 292 g/mol. The second-order valence-corrected chi connectivity index (χ2v) is 5.21. The van der Waals surface area contributed by atoms with E-state index in [0.717, 1.165) is 13.1 Å². The quantitative estimate of drug-likeness (QED) is 0.836. The first kappa shape index (κ1) is 18.2. The first-order valence-electron chi connectivity index (χ1n) is 6.66. The molecule has 5 nitrogen and oxygen atoms in total. The van der Waals surface area contributed by atoms with Gasteiger partial charge >= 0.3 is 0 Å². The van der Waals surface area contributed by atoms with E-state index in [2.05, 4.69) is 19.2 Å². The largest absolute Gasteiger partial charge is 0.349 e. The molecule has 2 amide bonds. The predicted octanol–water partition coefficient (Wildman–Crippen LogP) is 0.875. The van der Waals surface area contributed by atoms with E-state index < -0.39 is 0 Å². The lowest BCUT2D eigenvalue weighted by molar-refractivity contribution is -0.135. The van der Waals surface area contributed by atoms with Crippen molar-refractivity contribution in [3.63, 3.8) is 0 Å². The van der Waals surface area contributed by atoms with Gasteiger partial charge in [0, 0.05) is 52.1 Å². The van der Waals surface area contributed by atoms with E-state index in [-0.39, 0.29) is 30.3 Å². The van der Waals surface area contributed by atoms with Gasteiger partial charge in [-0.3, -0.25) is 9.59 Å². The van der Waals surface area contributed by atoms with Crippen LogP contribution in [0.1, 0.15) is 33.1 Å². The van der Waals surface area contributed by atoms with Crippen LogP contribution >= 0.6 is 12.4 Å². The Kier molecular flexibility index (Phi) is 8.02. The zero-order valence-corrected chi connectivity index (χ0v) is 13.1. The Morgan fingerprint density at radius 1 is 1.26 bits per heavy atom. The Balaban J connectivity index is 0.00000324. The van der Waals surface area contributed by atoms with Crippen molar-refractivity contribution in [1.29, 1.82) is 0 Å². The summed E-state index contributed by atoms with van der Waals surface area (Å²) in [6, 6.07) is 0.571. The molecule has 0 radical (unpaired) electrons. The van der Waals surface area contributed by atoms with Crippen LogP contribution in [0.2, 0.25) is 0 Å². The summed E-state index contributed by atoms with van der Waals surface area (Å²) in [7, 11) is 3.48. The highest BCUT2D eigenvalue weighted by atomic mass is 35.5. The van der Waals surface area contributed by atoms with Crippen molar-refractivity contribution in [3.05, 3.63) is 0 Å². The molecule has 0 aromatic rings. The number of piperazine rings is 1. The summed E-state index contributed by atoms with van der Waals surface area (Å²) in [5.74, 6) is 0.256. The molecule has 1 heterocycles. The molecule has 0 bridgehead atoms. The van der Waals surface area contributed by atoms with E-state index in [9.17, 15) is 9.59 Å². The minimum Gasteiger partial charge on any atom is -0.349 e. The van der Waals surface area contributed by atoms with Gasteiger partial charge in [-0.05, 0) is 20.3 Å². The van der Waals surface area contributed by atoms with Gasteiger partial charge in [0.15, 0.2) is 0 Å². The second-order valence-electron chi connectivity index (χ2n) is 5.21. The summed E-state index contributed by atoms with van der Waals surface area (Å²) < 4.78 is 0. The maximum Gasteiger partial charge on any atom is 0.222 e. The van der Waals surface area contributed by atoms with Crippen molar-refractivity contribution in [3.8, 4) is 0 Å². The molecule has 1 fully saturated rings. The molecule has 0 saturated carbocycles. The monoisotopic (exact) mass is 291 g/mol. The third-order valence-electron chi connectivity index (χ3n) is 3.63. The molecule has 2 atom stereocenters. The lowest BCUT2D eigenvalue weighted by Gasteiger charge is -2.38. The average Bonchev–Trinajstić information content (AvgIpc) is 2.32. The van der Waals surface area contributed by atoms with Crippen LogP contribution in [-0.4, -0.2) is 60.9 Å². The van der Waals surface area contributed by atoms with Crippen LogP contribution in [0.25, 0.3) is 0 Å². The summed E-state index contributed by atoms with van der Waals surface area (Å²) in [5.41, 5.74) is 0. The topological polar surface area (TPSA) is 52.7 Å². The zero-order chi connectivity index (χ0) is 13.7. The molecule has 1 rings (SSSR count). The van der Waals surface area contributed by atoms with Crippen LogP contribution in [0.4, 0.5) is 0 Å². The number of hydrogen-bond acceptors (Lipinski definition) is 3. The van der Waals surface area contributed by atoms with Crippen LogP contribution < -0.4 is 5.32 Å². The number of halogens is 1. The van der Waals surface area contributed by atoms with Crippen LogP contribution in [0.15, 0.2) is 0 Å². The van der Waals surface area contributed by atoms with Gasteiger partial charge in [0.2, 0.25) is 11.8 Å². The van der Waals surface area contributed by atoms with E-state index in [4.69, 9.17) is 0 Å². The molecule has 6 heteroatoms. The van der Waals surface area contributed by atoms with Crippen molar-refractivity contribution in [2.24, 2.45) is 0 Å². The van der Waals surface area contributed by atoms with Gasteiger partial charge in [-0.15, -0.1) is 12.4 Å². The number of amides is 2. The summed E-state index contributed by atoms with van der Waals surface area (Å²) in [5, 5.41) is 3.35. The SMILES string of the molecule is CC1NCCN(C(=O)CCCC(=O)N(C)C)C1C.Cl. The first-order valence-corrected chi connectivity index (χ1v) is 6.66. The van der Waals surface area contributed by atoms with Crippen LogP contribution in [0.3, 0.4) is 0 Å². The molecule has 0 spiro atoms. The molecule has 112 valence electrons. The van der Waals surface area contributed by atoms with Gasteiger partial charge < -0.3 is 15.1 Å². The highest BCUT2D eigenvalue weighted by molar-refractivity contribution is 5.85. The summed E-state index contributed by atoms with van der Waals surface area (Å²) in [6.45, 7) is 5.79. The fourth-order valence-electron chi connectivity index (χ4n) is 2.17. The molecular weight excluding hydrogens is 266 g/mol. The number of carbonyl (C=O) groups is 2. The van der Waals surface area contributed by atoms with Crippen molar-refractivity contribution in [2.45, 2.75) is 45.2 Å². The van der Waals surface area contributed by atoms with Crippen LogP contribution in [0.5, 0.6) is 0 Å². The van der Waals surface area contributed by atoms with Crippen molar-refractivity contribution in [1.82, 2.24) is 15.1 Å². The lowest BCUT2D eigenvalue weighted by atomic mass is 10.1. The van der Waals surface area contributed by atoms with Crippen molar-refractivity contribution >= 4 is 24.2 Å². The predicted molar refractivity (Wildman–Crippen MR) is 78.4 cm³/mol. The van der Waals surface area contributed by atoms with Gasteiger partial charge in [-0.25, -0.2) is 0 Å². The Bertz CT molecular complexity index is 310. The Labute approximate surface area is 122 Å². The Morgan fingerprint density at radius 3 is 2.47 bits per heavy atom. The minimum absolute atomic E-state index is 0. The smallest absolute Gasteiger partial charge is 0.222 e. The molecule has 1 aliphatic heterocycles. The van der Waals surface area contributed by atoms with E-state index in [1.807, 2.05) is 4.90 Å². The van der Waals surface area contributed by atoms with Gasteiger partial charge in [0.05, 0.1) is 0 Å². The van der Waals surface area contributed by atoms with Gasteiger partial charge in [-0.2, -0.15) is 0 Å². The standard InChI is InChI=1S/C13H25N3O2.ClH/c1-10-11(2)16(9-8-14-10)13(18)7-5-6-12(17)15(3)4;/h10-11,14H,5-9H2,1-4H3;1H. The van der Waals surface area contributed by atoms with Crippen molar-refractivity contribution in [2.75, 3.05) is 27.2 Å². The van der Waals surface area contributed by atoms with E-state index in [1.54, 1.807) is 19.0 Å². The van der Waals surface area contributed by atoms with Crippen LogP contribution in [0, 0.1) is 0 Å². The third kappa shape index (κ3) is 5.37. The van der Waals surface area contributed by atoms with Gasteiger partial charge in [0.1, 0.15) is 0 Å². The summed E-state index contributed by atoms with van der Waals surface area (Å²) >= 11 is 0. The first-order chi connectivity index (χ1) is 8.43. The zero-order valence-electron chi connectivity index (χ0n) is 12.3. The fourth-order valence-corrected chi connectivity index (χ4v) is 2.17. The molecular formula is C13H26ClN3O2. The molecule has 1 aliphatic rings. The number of carbonyl (C=O) groups excluding carboxylic acids is 2. The summed E-state index contributed by atoms with van der Waals surface area (Å²) in [4.78, 5) is 27.0. The molecule has 0 aliphatic carbocycles. The lowest BCUT2D eigenvalue weighted by Crippen LogP contribution is -2.57. The normalized spacial score (nSPS) is 22.6. The van der Waals surface area contributed by atoms with E-state index >= 15 is 0 Å². The molecule has 0 aromatic heterocycles. The number of nitrogens with zero attached hydrogens (tertiary/aromatic N) is 2. The number of rotatable bonds is 4. The Hall–Kier alpha value is -0.810. The van der Waals surface area contributed by atoms with E-state index in [0.29, 0.717) is 25.3 Å². The minimum atomic E-state index is 0. The second kappa shape index (κ2) is 8.38. The molecule has 1 N–H and O–H groups in total. The molecule has 2 unspecified atom stereocenters. The fraction of sp³-hybridized carbons (Fsp3) is 0.846. The number of nitrogens with one attached hydrogen (secondary N) is 1. The maximum atomic E-state index is 12.1. The highest BCUT2D eigenvalue weighted by Crippen LogP contribution is 2.12. The van der Waals surface area contributed by atoms with Crippen LogP contribution in [-0.2, 0) is 9.59 Å².